The van der Waals surface area contributed by atoms with Crippen LogP contribution < -0.4 is 16.0 Å². The molecule has 4 aromatic rings. The van der Waals surface area contributed by atoms with Crippen LogP contribution in [0.1, 0.15) is 18.9 Å². The van der Waals surface area contributed by atoms with Crippen LogP contribution in [0.15, 0.2) is 52.2 Å². The summed E-state index contributed by atoms with van der Waals surface area (Å²) in [5.74, 6) is 1.23. The molecule has 160 valence electrons. The molecule has 0 unspecified atom stereocenters. The monoisotopic (exact) mass is 439 g/mol. The van der Waals surface area contributed by atoms with Gasteiger partial charge in [0.15, 0.2) is 5.65 Å². The molecule has 0 spiro atoms. The number of methoxy groups -OCH3 is 1. The summed E-state index contributed by atoms with van der Waals surface area (Å²) in [5.41, 5.74) is 1.62. The summed E-state index contributed by atoms with van der Waals surface area (Å²) in [6.07, 6.45) is 2.85. The Labute approximate surface area is 183 Å². The average molecular weight is 440 g/mol. The normalized spacial score (nSPS) is 11.2. The molecule has 1 N–H and O–H groups in total. The molecule has 0 atom stereocenters. The van der Waals surface area contributed by atoms with E-state index in [0.717, 1.165) is 11.3 Å². The van der Waals surface area contributed by atoms with Crippen LogP contribution in [0.3, 0.4) is 0 Å². The summed E-state index contributed by atoms with van der Waals surface area (Å²) in [6.45, 7) is 2.65. The standard InChI is InChI=1S/C22H22ClN5O3/c1-3-11-28-21(29)18-20(26-19(25-18)15-6-9-17(23)24-13-15)27(22(28)30)12-10-14-4-7-16(31-2)8-5-14/h4-9,13H,3,10-12H2,1-2H3,(H,25,26). The molecule has 0 fully saturated rings. The predicted molar refractivity (Wildman–Crippen MR) is 120 cm³/mol. The third-order valence-electron chi connectivity index (χ3n) is 5.09. The van der Waals surface area contributed by atoms with E-state index < -0.39 is 0 Å². The maximum absolute atomic E-state index is 13.1. The first-order valence-corrected chi connectivity index (χ1v) is 10.4. The molecule has 0 aliphatic heterocycles. The Kier molecular flexibility index (Phi) is 5.90. The van der Waals surface area contributed by atoms with Crippen molar-refractivity contribution in [3.63, 3.8) is 0 Å². The van der Waals surface area contributed by atoms with E-state index in [1.165, 1.54) is 4.57 Å². The number of pyridine rings is 1. The van der Waals surface area contributed by atoms with Crippen molar-refractivity contribution in [1.82, 2.24) is 24.1 Å². The molecule has 0 amide bonds. The van der Waals surface area contributed by atoms with Gasteiger partial charge in [0.25, 0.3) is 5.56 Å². The zero-order valence-corrected chi connectivity index (χ0v) is 18.0. The lowest BCUT2D eigenvalue weighted by molar-refractivity contribution is 0.414. The summed E-state index contributed by atoms with van der Waals surface area (Å²) in [5, 5.41) is 0.363. The van der Waals surface area contributed by atoms with Gasteiger partial charge < -0.3 is 9.72 Å². The van der Waals surface area contributed by atoms with E-state index in [9.17, 15) is 9.59 Å². The van der Waals surface area contributed by atoms with E-state index >= 15 is 0 Å². The van der Waals surface area contributed by atoms with Crippen LogP contribution in [0.2, 0.25) is 5.15 Å². The van der Waals surface area contributed by atoms with Gasteiger partial charge in [-0.25, -0.2) is 14.8 Å². The van der Waals surface area contributed by atoms with Crippen molar-refractivity contribution < 1.29 is 4.74 Å². The Morgan fingerprint density at radius 1 is 1.06 bits per heavy atom. The molecular weight excluding hydrogens is 418 g/mol. The van der Waals surface area contributed by atoms with E-state index in [1.54, 1.807) is 30.0 Å². The van der Waals surface area contributed by atoms with E-state index in [0.29, 0.717) is 53.6 Å². The molecule has 0 saturated heterocycles. The predicted octanol–water partition coefficient (Wildman–Crippen LogP) is 3.26. The van der Waals surface area contributed by atoms with Crippen LogP contribution in [0.4, 0.5) is 0 Å². The van der Waals surface area contributed by atoms with Crippen LogP contribution in [0.5, 0.6) is 5.75 Å². The first kappa shape index (κ1) is 20.9. The lowest BCUT2D eigenvalue weighted by Gasteiger charge is -2.11. The van der Waals surface area contributed by atoms with Crippen LogP contribution in [-0.2, 0) is 19.5 Å². The lowest BCUT2D eigenvalue weighted by Crippen LogP contribution is -2.40. The molecule has 1 aromatic carbocycles. The van der Waals surface area contributed by atoms with Crippen LogP contribution in [0.25, 0.3) is 22.6 Å². The van der Waals surface area contributed by atoms with Crippen molar-refractivity contribution in [2.75, 3.05) is 7.11 Å². The number of hydrogen-bond donors (Lipinski definition) is 1. The smallest absolute Gasteiger partial charge is 0.332 e. The molecule has 9 heteroatoms. The maximum Gasteiger partial charge on any atom is 0.332 e. The maximum atomic E-state index is 13.1. The molecular formula is C22H22ClN5O3. The Morgan fingerprint density at radius 2 is 1.84 bits per heavy atom. The number of nitrogens with zero attached hydrogens (tertiary/aromatic N) is 4. The molecule has 8 nitrogen and oxygen atoms in total. The highest BCUT2D eigenvalue weighted by Gasteiger charge is 2.18. The molecule has 3 heterocycles. The SMILES string of the molecule is CCCn1c(=O)c2[nH]c(-c3ccc(Cl)nc3)nc2n(CCc2ccc(OC)cc2)c1=O. The third-order valence-corrected chi connectivity index (χ3v) is 5.32. The number of aromatic nitrogens is 5. The van der Waals surface area contributed by atoms with Gasteiger partial charge in [0, 0.05) is 24.8 Å². The fourth-order valence-electron chi connectivity index (χ4n) is 3.47. The summed E-state index contributed by atoms with van der Waals surface area (Å²) < 4.78 is 8.01. The Hall–Kier alpha value is -3.39. The summed E-state index contributed by atoms with van der Waals surface area (Å²) >= 11 is 5.87. The molecule has 0 aliphatic carbocycles. The van der Waals surface area contributed by atoms with Crippen LogP contribution in [0, 0.1) is 0 Å². The lowest BCUT2D eigenvalue weighted by atomic mass is 10.1. The van der Waals surface area contributed by atoms with Crippen LogP contribution >= 0.6 is 11.6 Å². The topological polar surface area (TPSA) is 94.8 Å². The van der Waals surface area contributed by atoms with Gasteiger partial charge in [-0.1, -0.05) is 30.7 Å². The van der Waals surface area contributed by atoms with E-state index in [4.69, 9.17) is 16.3 Å². The highest BCUT2D eigenvalue weighted by molar-refractivity contribution is 6.29. The molecule has 3 aromatic heterocycles. The molecule has 0 bridgehead atoms. The summed E-state index contributed by atoms with van der Waals surface area (Å²) in [7, 11) is 1.62. The Balaban J connectivity index is 1.80. The number of ether oxygens (including phenoxy) is 1. The zero-order chi connectivity index (χ0) is 22.0. The first-order chi connectivity index (χ1) is 15.0. The zero-order valence-electron chi connectivity index (χ0n) is 17.3. The Bertz CT molecular complexity index is 1320. The number of halogens is 1. The fourth-order valence-corrected chi connectivity index (χ4v) is 3.59. The van der Waals surface area contributed by atoms with Gasteiger partial charge in [0.2, 0.25) is 0 Å². The van der Waals surface area contributed by atoms with Crippen molar-refractivity contribution in [1.29, 1.82) is 0 Å². The molecule has 0 radical (unpaired) electrons. The Morgan fingerprint density at radius 3 is 2.48 bits per heavy atom. The number of benzene rings is 1. The minimum absolute atomic E-state index is 0.299. The number of nitrogens with one attached hydrogen (secondary N) is 1. The van der Waals surface area contributed by atoms with Crippen molar-refractivity contribution in [3.8, 4) is 17.1 Å². The van der Waals surface area contributed by atoms with Crippen molar-refractivity contribution in [2.24, 2.45) is 0 Å². The van der Waals surface area contributed by atoms with Crippen LogP contribution in [-0.4, -0.2) is 31.2 Å². The highest BCUT2D eigenvalue weighted by atomic mass is 35.5. The van der Waals surface area contributed by atoms with E-state index in [1.807, 2.05) is 31.2 Å². The molecule has 0 aliphatic rings. The average Bonchev–Trinajstić information content (AvgIpc) is 3.23. The van der Waals surface area contributed by atoms with Gasteiger partial charge in [-0.15, -0.1) is 0 Å². The summed E-state index contributed by atoms with van der Waals surface area (Å²) in [4.78, 5) is 37.8. The van der Waals surface area contributed by atoms with Gasteiger partial charge in [-0.2, -0.15) is 0 Å². The fraction of sp³-hybridized carbons (Fsp3) is 0.273. The van der Waals surface area contributed by atoms with Gasteiger partial charge in [0.1, 0.15) is 22.2 Å². The largest absolute Gasteiger partial charge is 0.497 e. The second-order valence-corrected chi connectivity index (χ2v) is 7.53. The first-order valence-electron chi connectivity index (χ1n) is 10.00. The van der Waals surface area contributed by atoms with E-state index in [-0.39, 0.29) is 11.2 Å². The summed E-state index contributed by atoms with van der Waals surface area (Å²) in [6, 6.07) is 11.1. The quantitative estimate of drug-likeness (QED) is 0.446. The minimum Gasteiger partial charge on any atom is -0.497 e. The van der Waals surface area contributed by atoms with Gasteiger partial charge >= 0.3 is 5.69 Å². The molecule has 0 saturated carbocycles. The van der Waals surface area contributed by atoms with E-state index in [2.05, 4.69) is 15.0 Å². The number of hydrogen-bond acceptors (Lipinski definition) is 5. The number of aromatic amines is 1. The molecule has 4 rings (SSSR count). The number of imidazole rings is 1. The number of rotatable bonds is 7. The van der Waals surface area contributed by atoms with Crippen molar-refractivity contribution >= 4 is 22.8 Å². The number of aryl methyl sites for hydroxylation is 2. The highest BCUT2D eigenvalue weighted by Crippen LogP contribution is 2.19. The molecule has 31 heavy (non-hydrogen) atoms. The van der Waals surface area contributed by atoms with Gasteiger partial charge in [0.05, 0.1) is 7.11 Å². The second-order valence-electron chi connectivity index (χ2n) is 7.14. The third kappa shape index (κ3) is 4.11. The number of fused-ring (bicyclic) bond motifs is 1. The van der Waals surface area contributed by atoms with Crippen molar-refractivity contribution in [3.05, 3.63) is 74.1 Å². The van der Waals surface area contributed by atoms with Crippen molar-refractivity contribution in [2.45, 2.75) is 32.9 Å². The number of H-pyrrole nitrogens is 1. The van der Waals surface area contributed by atoms with Gasteiger partial charge in [-0.3, -0.25) is 13.9 Å². The second kappa shape index (κ2) is 8.77. The van der Waals surface area contributed by atoms with Gasteiger partial charge in [-0.05, 0) is 42.7 Å². The minimum atomic E-state index is -0.372.